The zero-order valence-electron chi connectivity index (χ0n) is 12.4. The zero-order chi connectivity index (χ0) is 14.8. The van der Waals surface area contributed by atoms with E-state index in [0.29, 0.717) is 17.4 Å². The number of rotatable bonds is 3. The molecular formula is C14H19N5O. The Bertz CT molecular complexity index is 590. The molecule has 0 aromatic carbocycles. The van der Waals surface area contributed by atoms with Crippen molar-refractivity contribution in [2.45, 2.75) is 26.2 Å². The highest BCUT2D eigenvalue weighted by Crippen LogP contribution is 2.25. The van der Waals surface area contributed by atoms with Crippen LogP contribution in [0.25, 0.3) is 11.5 Å². The highest BCUT2D eigenvalue weighted by molar-refractivity contribution is 5.53. The van der Waals surface area contributed by atoms with Crippen molar-refractivity contribution in [3.8, 4) is 17.4 Å². The molecular weight excluding hydrogens is 254 g/mol. The Balaban J connectivity index is 2.49. The van der Waals surface area contributed by atoms with Gasteiger partial charge in [0.25, 0.3) is 0 Å². The van der Waals surface area contributed by atoms with Crippen LogP contribution in [0.2, 0.25) is 0 Å². The van der Waals surface area contributed by atoms with Crippen LogP contribution < -0.4 is 10.1 Å². The van der Waals surface area contributed by atoms with Crippen LogP contribution >= 0.6 is 0 Å². The molecule has 0 saturated heterocycles. The van der Waals surface area contributed by atoms with Gasteiger partial charge in [0.05, 0.1) is 12.8 Å². The molecule has 0 aliphatic rings. The zero-order valence-corrected chi connectivity index (χ0v) is 12.4. The molecule has 0 aliphatic carbocycles. The maximum Gasteiger partial charge on any atom is 0.233 e. The van der Waals surface area contributed by atoms with Gasteiger partial charge in [-0.3, -0.25) is 0 Å². The molecule has 0 amide bonds. The summed E-state index contributed by atoms with van der Waals surface area (Å²) in [5.41, 5.74) is 1.50. The van der Waals surface area contributed by atoms with Gasteiger partial charge in [-0.05, 0) is 6.07 Å². The minimum Gasteiger partial charge on any atom is -0.480 e. The van der Waals surface area contributed by atoms with Gasteiger partial charge in [-0.25, -0.2) is 9.97 Å². The highest BCUT2D eigenvalue weighted by Gasteiger charge is 2.18. The lowest BCUT2D eigenvalue weighted by Gasteiger charge is -2.19. The average molecular weight is 273 g/mol. The van der Waals surface area contributed by atoms with E-state index in [2.05, 4.69) is 46.3 Å². The molecule has 2 aromatic heterocycles. The van der Waals surface area contributed by atoms with Gasteiger partial charge >= 0.3 is 0 Å². The van der Waals surface area contributed by atoms with Gasteiger partial charge in [-0.1, -0.05) is 20.8 Å². The van der Waals surface area contributed by atoms with Gasteiger partial charge < -0.3 is 10.1 Å². The van der Waals surface area contributed by atoms with Gasteiger partial charge in [0, 0.05) is 24.6 Å². The summed E-state index contributed by atoms with van der Waals surface area (Å²) >= 11 is 0. The Morgan fingerprint density at radius 2 is 1.85 bits per heavy atom. The topological polar surface area (TPSA) is 72.8 Å². The molecule has 2 aromatic rings. The molecule has 0 spiro atoms. The lowest BCUT2D eigenvalue weighted by Crippen LogP contribution is -2.15. The van der Waals surface area contributed by atoms with Gasteiger partial charge in [-0.2, -0.15) is 0 Å². The van der Waals surface area contributed by atoms with Crippen LogP contribution in [0.1, 0.15) is 26.5 Å². The van der Waals surface area contributed by atoms with Crippen LogP contribution in [0.5, 0.6) is 5.88 Å². The van der Waals surface area contributed by atoms with Crippen molar-refractivity contribution in [3.63, 3.8) is 0 Å². The van der Waals surface area contributed by atoms with Crippen molar-refractivity contribution >= 4 is 5.82 Å². The molecule has 2 heterocycles. The molecule has 0 saturated carbocycles. The average Bonchev–Trinajstić information content (AvgIpc) is 2.46. The van der Waals surface area contributed by atoms with Crippen LogP contribution in [0.15, 0.2) is 18.2 Å². The van der Waals surface area contributed by atoms with Crippen molar-refractivity contribution in [1.82, 2.24) is 20.2 Å². The fourth-order valence-electron chi connectivity index (χ4n) is 1.62. The quantitative estimate of drug-likeness (QED) is 0.925. The molecule has 1 N–H and O–H groups in total. The van der Waals surface area contributed by atoms with E-state index >= 15 is 0 Å². The molecule has 6 heteroatoms. The minimum absolute atomic E-state index is 0.0663. The second-order valence-corrected chi connectivity index (χ2v) is 5.42. The number of ether oxygens (including phenoxy) is 1. The van der Waals surface area contributed by atoms with E-state index in [1.54, 1.807) is 19.2 Å². The van der Waals surface area contributed by atoms with E-state index in [0.717, 1.165) is 11.5 Å². The van der Waals surface area contributed by atoms with Crippen LogP contribution in [-0.4, -0.2) is 34.3 Å². The first-order chi connectivity index (χ1) is 9.44. The first-order valence-corrected chi connectivity index (χ1v) is 6.39. The molecule has 0 bridgehead atoms. The van der Waals surface area contributed by atoms with Crippen molar-refractivity contribution in [2.75, 3.05) is 19.5 Å². The number of methoxy groups -OCH3 is 1. The second kappa shape index (κ2) is 5.40. The molecule has 106 valence electrons. The predicted octanol–water partition coefficient (Wildman–Crippen LogP) is 2.28. The van der Waals surface area contributed by atoms with E-state index in [4.69, 9.17) is 4.74 Å². The summed E-state index contributed by atoms with van der Waals surface area (Å²) in [4.78, 5) is 9.01. The summed E-state index contributed by atoms with van der Waals surface area (Å²) in [6.07, 6.45) is 0. The lowest BCUT2D eigenvalue weighted by molar-refractivity contribution is 0.392. The summed E-state index contributed by atoms with van der Waals surface area (Å²) < 4.78 is 5.00. The van der Waals surface area contributed by atoms with Crippen LogP contribution in [0.3, 0.4) is 0 Å². The van der Waals surface area contributed by atoms with Crippen LogP contribution in [0, 0.1) is 0 Å². The molecule has 0 aliphatic heterocycles. The normalized spacial score (nSPS) is 11.2. The Morgan fingerprint density at radius 3 is 2.35 bits per heavy atom. The van der Waals surface area contributed by atoms with E-state index in [1.807, 2.05) is 13.1 Å². The Morgan fingerprint density at radius 1 is 1.10 bits per heavy atom. The van der Waals surface area contributed by atoms with Gasteiger partial charge in [0.15, 0.2) is 5.82 Å². The number of hydrogen-bond donors (Lipinski definition) is 1. The SMILES string of the molecule is CNc1cc(C(C)(C)C)nc(-c2ccc(OC)nn2)n1. The minimum atomic E-state index is -0.0663. The predicted molar refractivity (Wildman–Crippen MR) is 77.9 cm³/mol. The Labute approximate surface area is 118 Å². The monoisotopic (exact) mass is 273 g/mol. The van der Waals surface area contributed by atoms with Gasteiger partial charge in [0.2, 0.25) is 5.88 Å². The Kier molecular flexibility index (Phi) is 3.83. The number of nitrogens with zero attached hydrogens (tertiary/aromatic N) is 4. The molecule has 0 atom stereocenters. The Hall–Kier alpha value is -2.24. The number of anilines is 1. The van der Waals surface area contributed by atoms with Crippen LogP contribution in [0.4, 0.5) is 5.82 Å². The first-order valence-electron chi connectivity index (χ1n) is 6.39. The largest absolute Gasteiger partial charge is 0.480 e. The molecule has 0 unspecified atom stereocenters. The molecule has 6 nitrogen and oxygen atoms in total. The van der Waals surface area contributed by atoms with Crippen molar-refractivity contribution in [2.24, 2.45) is 0 Å². The van der Waals surface area contributed by atoms with Crippen molar-refractivity contribution in [1.29, 1.82) is 0 Å². The third kappa shape index (κ3) is 3.01. The molecule has 0 fully saturated rings. The highest BCUT2D eigenvalue weighted by atomic mass is 16.5. The first kappa shape index (κ1) is 14.2. The summed E-state index contributed by atoms with van der Waals surface area (Å²) in [7, 11) is 3.39. The maximum absolute atomic E-state index is 5.00. The summed E-state index contributed by atoms with van der Waals surface area (Å²) in [6.45, 7) is 6.33. The second-order valence-electron chi connectivity index (χ2n) is 5.42. The van der Waals surface area contributed by atoms with Crippen molar-refractivity contribution < 1.29 is 4.74 Å². The van der Waals surface area contributed by atoms with E-state index in [9.17, 15) is 0 Å². The van der Waals surface area contributed by atoms with Gasteiger partial charge in [-0.15, -0.1) is 10.2 Å². The lowest BCUT2D eigenvalue weighted by atomic mass is 9.92. The van der Waals surface area contributed by atoms with E-state index in [1.165, 1.54) is 0 Å². The third-order valence-corrected chi connectivity index (χ3v) is 2.83. The maximum atomic E-state index is 5.00. The fraction of sp³-hybridized carbons (Fsp3) is 0.429. The molecule has 20 heavy (non-hydrogen) atoms. The summed E-state index contributed by atoms with van der Waals surface area (Å²) in [5.74, 6) is 1.78. The smallest absolute Gasteiger partial charge is 0.233 e. The van der Waals surface area contributed by atoms with Crippen LogP contribution in [-0.2, 0) is 5.41 Å². The number of nitrogens with one attached hydrogen (secondary N) is 1. The summed E-state index contributed by atoms with van der Waals surface area (Å²) in [5, 5.41) is 11.1. The number of hydrogen-bond acceptors (Lipinski definition) is 6. The fourth-order valence-corrected chi connectivity index (χ4v) is 1.62. The summed E-state index contributed by atoms with van der Waals surface area (Å²) in [6, 6.07) is 5.49. The van der Waals surface area contributed by atoms with Gasteiger partial charge in [0.1, 0.15) is 11.5 Å². The third-order valence-electron chi connectivity index (χ3n) is 2.83. The number of aromatic nitrogens is 4. The molecule has 2 rings (SSSR count). The van der Waals surface area contributed by atoms with Crippen molar-refractivity contribution in [3.05, 3.63) is 23.9 Å². The molecule has 0 radical (unpaired) electrons. The standard InChI is InChI=1S/C14H19N5O/c1-14(2,3)10-8-11(15-4)17-13(16-10)9-6-7-12(20-5)19-18-9/h6-8H,1-5H3,(H,15,16,17). The van der Waals surface area contributed by atoms with E-state index in [-0.39, 0.29) is 5.41 Å². The van der Waals surface area contributed by atoms with E-state index < -0.39 is 0 Å².